The zero-order valence-corrected chi connectivity index (χ0v) is 10.4. The van der Waals surface area contributed by atoms with E-state index in [0.29, 0.717) is 12.3 Å². The van der Waals surface area contributed by atoms with Gasteiger partial charge in [-0.3, -0.25) is 0 Å². The molecule has 0 spiro atoms. The molecule has 0 unspecified atom stereocenters. The van der Waals surface area contributed by atoms with E-state index in [9.17, 15) is 12.8 Å². The van der Waals surface area contributed by atoms with Gasteiger partial charge in [0.1, 0.15) is 11.6 Å². The lowest BCUT2D eigenvalue weighted by atomic mass is 10.4. The van der Waals surface area contributed by atoms with Gasteiger partial charge >= 0.3 is 0 Å². The van der Waals surface area contributed by atoms with Crippen molar-refractivity contribution in [2.45, 2.75) is 24.0 Å². The number of hydrogen-bond donors (Lipinski definition) is 0. The monoisotopic (exact) mass is 270 g/mol. The van der Waals surface area contributed by atoms with Crippen LogP contribution in [0, 0.1) is 5.82 Å². The fourth-order valence-corrected chi connectivity index (χ4v) is 2.56. The van der Waals surface area contributed by atoms with Crippen molar-refractivity contribution in [1.82, 2.24) is 10.1 Å². The Morgan fingerprint density at radius 2 is 1.94 bits per heavy atom. The molecule has 0 N–H and O–H groups in total. The number of aromatic nitrogens is 2. The normalized spacial score (nSPS) is 11.7. The first-order valence-corrected chi connectivity index (χ1v) is 6.96. The van der Waals surface area contributed by atoms with Gasteiger partial charge in [-0.2, -0.15) is 4.98 Å². The second-order valence-electron chi connectivity index (χ2n) is 3.67. The molecule has 1 aromatic carbocycles. The van der Waals surface area contributed by atoms with E-state index in [4.69, 9.17) is 4.52 Å². The Morgan fingerprint density at radius 3 is 2.50 bits per heavy atom. The van der Waals surface area contributed by atoms with Gasteiger partial charge in [-0.15, -0.1) is 0 Å². The maximum atomic E-state index is 12.7. The number of aryl methyl sites for hydroxylation is 1. The molecular formula is C11H11FN2O3S. The largest absolute Gasteiger partial charge is 0.339 e. The van der Waals surface area contributed by atoms with E-state index in [-0.39, 0.29) is 16.5 Å². The van der Waals surface area contributed by atoms with Gasteiger partial charge in [-0.25, -0.2) is 12.8 Å². The molecule has 0 aliphatic carbocycles. The third kappa shape index (κ3) is 2.73. The SMILES string of the molecule is CCc1nc(CS(=O)(=O)c2ccc(F)cc2)no1. The molecule has 96 valence electrons. The minimum absolute atomic E-state index is 0.0340. The minimum Gasteiger partial charge on any atom is -0.339 e. The highest BCUT2D eigenvalue weighted by Gasteiger charge is 2.19. The summed E-state index contributed by atoms with van der Waals surface area (Å²) in [5.74, 6) is -0.348. The van der Waals surface area contributed by atoms with Crippen LogP contribution in [0.2, 0.25) is 0 Å². The zero-order valence-electron chi connectivity index (χ0n) is 9.63. The molecule has 0 aliphatic rings. The number of rotatable bonds is 4. The number of benzene rings is 1. The molecule has 0 saturated heterocycles. The van der Waals surface area contributed by atoms with E-state index >= 15 is 0 Å². The number of halogens is 1. The second kappa shape index (κ2) is 4.85. The fourth-order valence-electron chi connectivity index (χ4n) is 1.39. The first-order valence-electron chi connectivity index (χ1n) is 5.31. The van der Waals surface area contributed by atoms with Crippen LogP contribution >= 0.6 is 0 Å². The van der Waals surface area contributed by atoms with E-state index in [1.54, 1.807) is 0 Å². The maximum Gasteiger partial charge on any atom is 0.226 e. The molecule has 2 aromatic rings. The van der Waals surface area contributed by atoms with Crippen molar-refractivity contribution in [3.8, 4) is 0 Å². The summed E-state index contributed by atoms with van der Waals surface area (Å²) >= 11 is 0. The summed E-state index contributed by atoms with van der Waals surface area (Å²) in [7, 11) is -3.58. The van der Waals surface area contributed by atoms with Crippen LogP contribution in [0.3, 0.4) is 0 Å². The lowest BCUT2D eigenvalue weighted by Crippen LogP contribution is -2.06. The van der Waals surface area contributed by atoms with Gasteiger partial charge in [0, 0.05) is 6.42 Å². The van der Waals surface area contributed by atoms with Gasteiger partial charge in [-0.05, 0) is 24.3 Å². The Kier molecular flexibility index (Phi) is 3.42. The van der Waals surface area contributed by atoms with Crippen LogP contribution in [0.15, 0.2) is 33.7 Å². The standard InChI is InChI=1S/C11H11FN2O3S/c1-2-11-13-10(14-17-11)7-18(15,16)9-5-3-8(12)4-6-9/h3-6H,2,7H2,1H3. The lowest BCUT2D eigenvalue weighted by molar-refractivity contribution is 0.378. The van der Waals surface area contributed by atoms with Crippen molar-refractivity contribution >= 4 is 9.84 Å². The molecule has 0 radical (unpaired) electrons. The summed E-state index contributed by atoms with van der Waals surface area (Å²) in [6.45, 7) is 1.83. The molecule has 0 atom stereocenters. The van der Waals surface area contributed by atoms with Gasteiger partial charge < -0.3 is 4.52 Å². The molecule has 1 heterocycles. The first kappa shape index (κ1) is 12.7. The molecule has 2 rings (SSSR count). The Bertz CT molecular complexity index is 635. The van der Waals surface area contributed by atoms with Crippen LogP contribution in [0.25, 0.3) is 0 Å². The van der Waals surface area contributed by atoms with Crippen molar-refractivity contribution in [3.63, 3.8) is 0 Å². The molecule has 0 aliphatic heterocycles. The second-order valence-corrected chi connectivity index (χ2v) is 5.66. The van der Waals surface area contributed by atoms with Crippen LogP contribution in [0.4, 0.5) is 4.39 Å². The van der Waals surface area contributed by atoms with Crippen LogP contribution in [0.5, 0.6) is 0 Å². The summed E-state index contributed by atoms with van der Waals surface area (Å²) in [6, 6.07) is 4.62. The van der Waals surface area contributed by atoms with Crippen LogP contribution in [0.1, 0.15) is 18.6 Å². The van der Waals surface area contributed by atoms with Crippen LogP contribution in [-0.2, 0) is 22.0 Å². The van der Waals surface area contributed by atoms with Gasteiger partial charge in [0.25, 0.3) is 0 Å². The predicted octanol–water partition coefficient (Wildman–Crippen LogP) is 1.74. The average Bonchev–Trinajstić information content (AvgIpc) is 2.76. The van der Waals surface area contributed by atoms with Gasteiger partial charge in [0.2, 0.25) is 5.89 Å². The highest BCUT2D eigenvalue weighted by atomic mass is 32.2. The maximum absolute atomic E-state index is 12.7. The van der Waals surface area contributed by atoms with Gasteiger partial charge in [0.15, 0.2) is 15.7 Å². The molecular weight excluding hydrogens is 259 g/mol. The molecule has 0 saturated carbocycles. The molecule has 0 fully saturated rings. The van der Waals surface area contributed by atoms with E-state index in [1.807, 2.05) is 6.92 Å². The topological polar surface area (TPSA) is 73.1 Å². The first-order chi connectivity index (χ1) is 8.51. The average molecular weight is 270 g/mol. The number of sulfone groups is 1. The van der Waals surface area contributed by atoms with Crippen molar-refractivity contribution in [1.29, 1.82) is 0 Å². The molecule has 7 heteroatoms. The highest BCUT2D eigenvalue weighted by molar-refractivity contribution is 7.90. The summed E-state index contributed by atoms with van der Waals surface area (Å²) in [6.07, 6.45) is 0.545. The van der Waals surface area contributed by atoms with E-state index in [2.05, 4.69) is 10.1 Å². The van der Waals surface area contributed by atoms with E-state index < -0.39 is 15.7 Å². The fraction of sp³-hybridized carbons (Fsp3) is 0.273. The molecule has 0 amide bonds. The Labute approximate surface area is 104 Å². The van der Waals surface area contributed by atoms with Crippen molar-refractivity contribution in [2.75, 3.05) is 0 Å². The molecule has 0 bridgehead atoms. The summed E-state index contributed by atoms with van der Waals surface area (Å²) in [4.78, 5) is 3.96. The van der Waals surface area contributed by atoms with E-state index in [1.165, 1.54) is 12.1 Å². The number of hydrogen-bond acceptors (Lipinski definition) is 5. The molecule has 5 nitrogen and oxygen atoms in total. The number of nitrogens with zero attached hydrogens (tertiary/aromatic N) is 2. The zero-order chi connectivity index (χ0) is 13.2. The van der Waals surface area contributed by atoms with E-state index in [0.717, 1.165) is 12.1 Å². The summed E-state index contributed by atoms with van der Waals surface area (Å²) in [5, 5.41) is 3.58. The minimum atomic E-state index is -3.58. The molecule has 1 aromatic heterocycles. The van der Waals surface area contributed by atoms with Crippen molar-refractivity contribution in [3.05, 3.63) is 41.8 Å². The highest BCUT2D eigenvalue weighted by Crippen LogP contribution is 2.15. The van der Waals surface area contributed by atoms with Gasteiger partial charge in [0.05, 0.1) is 4.90 Å². The quantitative estimate of drug-likeness (QED) is 0.791. The Hall–Kier alpha value is -1.76. The van der Waals surface area contributed by atoms with Crippen LogP contribution in [-0.4, -0.2) is 18.6 Å². The summed E-state index contributed by atoms with van der Waals surface area (Å²) in [5.41, 5.74) is 0. The van der Waals surface area contributed by atoms with Crippen LogP contribution < -0.4 is 0 Å². The molecule has 18 heavy (non-hydrogen) atoms. The Morgan fingerprint density at radius 1 is 1.28 bits per heavy atom. The van der Waals surface area contributed by atoms with Crippen molar-refractivity contribution in [2.24, 2.45) is 0 Å². The van der Waals surface area contributed by atoms with Crippen molar-refractivity contribution < 1.29 is 17.3 Å². The third-order valence-corrected chi connectivity index (χ3v) is 3.93. The summed E-state index contributed by atoms with van der Waals surface area (Å²) < 4.78 is 41.5. The lowest BCUT2D eigenvalue weighted by Gasteiger charge is -2.00. The predicted molar refractivity (Wildman–Crippen MR) is 61.0 cm³/mol. The smallest absolute Gasteiger partial charge is 0.226 e. The third-order valence-electron chi connectivity index (χ3n) is 2.30. The Balaban J connectivity index is 2.24. The van der Waals surface area contributed by atoms with Gasteiger partial charge in [-0.1, -0.05) is 12.1 Å².